The highest BCUT2D eigenvalue weighted by molar-refractivity contribution is 6.30. The number of aliphatic hydroxyl groups is 1. The molecule has 3 aromatic rings. The van der Waals surface area contributed by atoms with Crippen molar-refractivity contribution in [3.05, 3.63) is 35.6 Å². The number of hydrogen-bond acceptors (Lipinski definition) is 6. The highest BCUT2D eigenvalue weighted by Crippen LogP contribution is 2.27. The van der Waals surface area contributed by atoms with Crippen molar-refractivity contribution in [3.63, 3.8) is 0 Å². The third-order valence-electron chi connectivity index (χ3n) is 4.94. The molecule has 1 aliphatic rings. The van der Waals surface area contributed by atoms with E-state index in [9.17, 15) is 5.11 Å². The Morgan fingerprint density at radius 2 is 2.11 bits per heavy atom. The maximum Gasteiger partial charge on any atom is 0.227 e. The van der Waals surface area contributed by atoms with Crippen LogP contribution in [0.2, 0.25) is 5.02 Å². The molecule has 2 heterocycles. The number of imidazole rings is 1. The summed E-state index contributed by atoms with van der Waals surface area (Å²) >= 11 is 6.10. The van der Waals surface area contributed by atoms with Crippen molar-refractivity contribution < 1.29 is 5.11 Å². The number of fused-ring (bicyclic) bond motifs is 1. The van der Waals surface area contributed by atoms with Gasteiger partial charge in [0.1, 0.15) is 0 Å². The molecule has 4 rings (SSSR count). The van der Waals surface area contributed by atoms with Crippen molar-refractivity contribution in [3.8, 4) is 0 Å². The molecule has 3 N–H and O–H groups in total. The fraction of sp³-hybridized carbons (Fsp3) is 0.421. The second-order valence-corrected chi connectivity index (χ2v) is 7.27. The Hall–Kier alpha value is -2.38. The number of benzene rings is 1. The Morgan fingerprint density at radius 1 is 1.26 bits per heavy atom. The molecule has 0 aliphatic heterocycles. The van der Waals surface area contributed by atoms with E-state index in [1.54, 1.807) is 6.33 Å². The van der Waals surface area contributed by atoms with Crippen LogP contribution in [-0.4, -0.2) is 36.8 Å². The van der Waals surface area contributed by atoms with Gasteiger partial charge in [0.2, 0.25) is 5.95 Å². The van der Waals surface area contributed by atoms with Crippen molar-refractivity contribution in [2.24, 2.45) is 0 Å². The molecule has 142 valence electrons. The van der Waals surface area contributed by atoms with Gasteiger partial charge in [-0.3, -0.25) is 0 Å². The van der Waals surface area contributed by atoms with Crippen LogP contribution in [0.3, 0.4) is 0 Å². The summed E-state index contributed by atoms with van der Waals surface area (Å²) in [6.45, 7) is 2.81. The molecule has 0 radical (unpaired) electrons. The van der Waals surface area contributed by atoms with Gasteiger partial charge in [0.05, 0.1) is 18.5 Å². The highest BCUT2D eigenvalue weighted by atomic mass is 35.5. The normalized spacial score (nSPS) is 20.0. The van der Waals surface area contributed by atoms with Gasteiger partial charge in [-0.1, -0.05) is 30.5 Å². The Balaban J connectivity index is 1.71. The first-order chi connectivity index (χ1) is 13.1. The van der Waals surface area contributed by atoms with Crippen LogP contribution in [-0.2, 0) is 6.54 Å². The van der Waals surface area contributed by atoms with E-state index in [1.165, 1.54) is 0 Å². The Kier molecular flexibility index (Phi) is 5.13. The van der Waals surface area contributed by atoms with Gasteiger partial charge in [0, 0.05) is 17.3 Å². The molecule has 2 aromatic heterocycles. The SMILES string of the molecule is CCn1cnc2c(Nc3cccc(Cl)c3)nc(N[C@@H]3CCCC[C@H]3O)nc21. The van der Waals surface area contributed by atoms with Crippen molar-refractivity contribution >= 4 is 40.2 Å². The molecule has 0 bridgehead atoms. The average molecular weight is 387 g/mol. The van der Waals surface area contributed by atoms with Crippen molar-refractivity contribution in [2.45, 2.75) is 51.3 Å². The van der Waals surface area contributed by atoms with Gasteiger partial charge >= 0.3 is 0 Å². The lowest BCUT2D eigenvalue weighted by molar-refractivity contribution is 0.116. The molecule has 1 fully saturated rings. The molecule has 2 atom stereocenters. The fourth-order valence-electron chi connectivity index (χ4n) is 3.48. The average Bonchev–Trinajstić information content (AvgIpc) is 3.07. The van der Waals surface area contributed by atoms with Gasteiger partial charge < -0.3 is 20.3 Å². The number of nitrogens with zero attached hydrogens (tertiary/aromatic N) is 4. The van der Waals surface area contributed by atoms with E-state index >= 15 is 0 Å². The van der Waals surface area contributed by atoms with Crippen molar-refractivity contribution in [1.29, 1.82) is 0 Å². The van der Waals surface area contributed by atoms with Crippen LogP contribution in [0.5, 0.6) is 0 Å². The number of rotatable bonds is 5. The lowest BCUT2D eigenvalue weighted by Crippen LogP contribution is -2.36. The first-order valence-corrected chi connectivity index (χ1v) is 9.72. The number of anilines is 3. The molecule has 0 saturated heterocycles. The predicted octanol–water partition coefficient (Wildman–Crippen LogP) is 3.96. The Bertz CT molecular complexity index is 943. The molecular formula is C19H23ClN6O. The molecule has 0 amide bonds. The largest absolute Gasteiger partial charge is 0.391 e. The zero-order valence-electron chi connectivity index (χ0n) is 15.2. The van der Waals surface area contributed by atoms with Crippen LogP contribution < -0.4 is 10.6 Å². The molecule has 8 heteroatoms. The quantitative estimate of drug-likeness (QED) is 0.615. The summed E-state index contributed by atoms with van der Waals surface area (Å²) in [6, 6.07) is 7.43. The zero-order chi connectivity index (χ0) is 18.8. The molecular weight excluding hydrogens is 364 g/mol. The van der Waals surface area contributed by atoms with Gasteiger partial charge in [0.15, 0.2) is 17.0 Å². The minimum atomic E-state index is -0.376. The van der Waals surface area contributed by atoms with Gasteiger partial charge in [-0.25, -0.2) is 4.98 Å². The van der Waals surface area contributed by atoms with Gasteiger partial charge in [0.25, 0.3) is 0 Å². The van der Waals surface area contributed by atoms with Gasteiger partial charge in [-0.05, 0) is 38.0 Å². The van der Waals surface area contributed by atoms with Crippen LogP contribution in [0.15, 0.2) is 30.6 Å². The standard InChI is InChI=1S/C19H23ClN6O/c1-2-26-11-21-16-17(22-13-7-5-6-12(20)10-13)24-19(25-18(16)26)23-14-8-3-4-9-15(14)27/h5-7,10-11,14-15,27H,2-4,8-9H2,1H3,(H2,22,23,24,25)/t14-,15-/m1/s1. The first kappa shape index (κ1) is 18.0. The minimum absolute atomic E-state index is 0.0341. The molecule has 1 aliphatic carbocycles. The predicted molar refractivity (Wildman–Crippen MR) is 108 cm³/mol. The fourth-order valence-corrected chi connectivity index (χ4v) is 3.67. The maximum atomic E-state index is 10.3. The summed E-state index contributed by atoms with van der Waals surface area (Å²) in [5.74, 6) is 1.11. The third-order valence-corrected chi connectivity index (χ3v) is 5.17. The summed E-state index contributed by atoms with van der Waals surface area (Å²) in [4.78, 5) is 13.8. The first-order valence-electron chi connectivity index (χ1n) is 9.34. The van der Waals surface area contributed by atoms with E-state index < -0.39 is 0 Å². The van der Waals surface area contributed by atoms with Crippen LogP contribution in [0.4, 0.5) is 17.5 Å². The molecule has 0 unspecified atom stereocenters. The van der Waals surface area contributed by atoms with Gasteiger partial charge in [-0.2, -0.15) is 9.97 Å². The minimum Gasteiger partial charge on any atom is -0.391 e. The second-order valence-electron chi connectivity index (χ2n) is 6.84. The number of nitrogens with one attached hydrogen (secondary N) is 2. The number of aromatic nitrogens is 4. The topological polar surface area (TPSA) is 87.9 Å². The molecule has 1 aromatic carbocycles. The molecule has 27 heavy (non-hydrogen) atoms. The zero-order valence-corrected chi connectivity index (χ0v) is 15.9. The van der Waals surface area contributed by atoms with Crippen molar-refractivity contribution in [1.82, 2.24) is 19.5 Å². The summed E-state index contributed by atoms with van der Waals surface area (Å²) < 4.78 is 1.97. The molecule has 0 spiro atoms. The van der Waals surface area contributed by atoms with Gasteiger partial charge in [-0.15, -0.1) is 0 Å². The number of aryl methyl sites for hydroxylation is 1. The number of hydrogen-bond donors (Lipinski definition) is 3. The van der Waals surface area contributed by atoms with Crippen LogP contribution in [0, 0.1) is 0 Å². The highest BCUT2D eigenvalue weighted by Gasteiger charge is 2.24. The van der Waals surface area contributed by atoms with E-state index in [4.69, 9.17) is 11.6 Å². The van der Waals surface area contributed by atoms with Crippen molar-refractivity contribution in [2.75, 3.05) is 10.6 Å². The van der Waals surface area contributed by atoms with E-state index in [2.05, 4.69) is 25.6 Å². The summed E-state index contributed by atoms with van der Waals surface area (Å²) in [5, 5.41) is 17.5. The number of halogens is 1. The molecule has 7 nitrogen and oxygen atoms in total. The van der Waals surface area contributed by atoms with E-state index in [1.807, 2.05) is 35.8 Å². The second kappa shape index (κ2) is 7.70. The Labute approximate surface area is 162 Å². The van der Waals surface area contributed by atoms with E-state index in [0.29, 0.717) is 22.3 Å². The lowest BCUT2D eigenvalue weighted by Gasteiger charge is -2.28. The third kappa shape index (κ3) is 3.84. The number of aliphatic hydroxyl groups excluding tert-OH is 1. The smallest absolute Gasteiger partial charge is 0.227 e. The Morgan fingerprint density at radius 3 is 2.89 bits per heavy atom. The van der Waals surface area contributed by atoms with Crippen LogP contribution in [0.25, 0.3) is 11.2 Å². The van der Waals surface area contributed by atoms with Crippen LogP contribution >= 0.6 is 11.6 Å². The summed E-state index contributed by atoms with van der Waals surface area (Å²) in [7, 11) is 0. The van der Waals surface area contributed by atoms with E-state index in [-0.39, 0.29) is 12.1 Å². The monoisotopic (exact) mass is 386 g/mol. The lowest BCUT2D eigenvalue weighted by atomic mass is 9.93. The summed E-state index contributed by atoms with van der Waals surface area (Å²) in [5.41, 5.74) is 2.29. The summed E-state index contributed by atoms with van der Waals surface area (Å²) in [6.07, 6.45) is 5.26. The molecule has 1 saturated carbocycles. The maximum absolute atomic E-state index is 10.3. The van der Waals surface area contributed by atoms with Crippen LogP contribution in [0.1, 0.15) is 32.6 Å². The van der Waals surface area contributed by atoms with E-state index in [0.717, 1.165) is 43.6 Å².